The average Bonchev–Trinajstić information content (AvgIpc) is 1.88. The van der Waals surface area contributed by atoms with Crippen LogP contribution in [0.15, 0.2) is 10.5 Å². The molecular formula is C8H15AlO2. The van der Waals surface area contributed by atoms with Crippen molar-refractivity contribution in [3.05, 3.63) is 10.5 Å². The molecule has 0 aromatic rings. The van der Waals surface area contributed by atoms with Gasteiger partial charge in [0.1, 0.15) is 0 Å². The minimum Gasteiger partial charge on any atom is -0.464 e. The number of ether oxygens (including phenoxy) is 1. The van der Waals surface area contributed by atoms with Crippen LogP contribution >= 0.6 is 0 Å². The van der Waals surface area contributed by atoms with Gasteiger partial charge in [-0.05, 0) is 18.3 Å². The van der Waals surface area contributed by atoms with Crippen molar-refractivity contribution in [2.45, 2.75) is 25.4 Å². The van der Waals surface area contributed by atoms with E-state index >= 15 is 0 Å². The van der Waals surface area contributed by atoms with Crippen molar-refractivity contribution < 1.29 is 9.53 Å². The van der Waals surface area contributed by atoms with E-state index in [0.29, 0.717) is 6.61 Å². The summed E-state index contributed by atoms with van der Waals surface area (Å²) >= 11 is -0.988. The predicted octanol–water partition coefficient (Wildman–Crippen LogP) is 1.79. The summed E-state index contributed by atoms with van der Waals surface area (Å²) in [6, 6.07) is 0. The lowest BCUT2D eigenvalue weighted by molar-refractivity contribution is -0.137. The Hall–Kier alpha value is -0.258. The summed E-state index contributed by atoms with van der Waals surface area (Å²) in [4.78, 5) is 11.2. The van der Waals surface area contributed by atoms with Gasteiger partial charge in [-0.3, -0.25) is 0 Å². The molecule has 0 aromatic carbocycles. The SMILES string of the molecule is C/C=[C](/C(=O)OCC)[Al]([CH3])[CH3]. The minimum atomic E-state index is -0.988. The van der Waals surface area contributed by atoms with Crippen LogP contribution in [-0.4, -0.2) is 26.7 Å². The average molecular weight is 170 g/mol. The van der Waals surface area contributed by atoms with Crippen LogP contribution in [-0.2, 0) is 9.53 Å². The second-order valence-electron chi connectivity index (χ2n) is 2.62. The number of esters is 1. The molecule has 0 fully saturated rings. The first-order chi connectivity index (χ1) is 5.13. The van der Waals surface area contributed by atoms with Crippen LogP contribution in [0.5, 0.6) is 0 Å². The molecule has 0 aliphatic rings. The van der Waals surface area contributed by atoms with Crippen LogP contribution < -0.4 is 0 Å². The molecule has 2 nitrogen and oxygen atoms in total. The van der Waals surface area contributed by atoms with Crippen molar-refractivity contribution >= 4 is 20.1 Å². The maximum Gasteiger partial charge on any atom is 0.317 e. The third-order valence-electron chi connectivity index (χ3n) is 1.44. The summed E-state index contributed by atoms with van der Waals surface area (Å²) in [5, 5.41) is 0. The Morgan fingerprint density at radius 2 is 2.09 bits per heavy atom. The number of carbonyl (C=O) groups excluding carboxylic acids is 1. The number of hydrogen-bond donors (Lipinski definition) is 0. The molecule has 0 rings (SSSR count). The van der Waals surface area contributed by atoms with E-state index in [4.69, 9.17) is 4.74 Å². The number of carbonyl (C=O) groups is 1. The molecule has 3 heteroatoms. The molecule has 0 amide bonds. The first-order valence-electron chi connectivity index (χ1n) is 3.96. The van der Waals surface area contributed by atoms with Crippen molar-refractivity contribution in [2.75, 3.05) is 6.61 Å². The molecule has 0 aliphatic carbocycles. The molecule has 11 heavy (non-hydrogen) atoms. The fraction of sp³-hybridized carbons (Fsp3) is 0.625. The lowest BCUT2D eigenvalue weighted by atomic mass is 10.5. The van der Waals surface area contributed by atoms with Gasteiger partial charge in [0.15, 0.2) is 0 Å². The van der Waals surface area contributed by atoms with Gasteiger partial charge < -0.3 is 4.74 Å². The van der Waals surface area contributed by atoms with Crippen LogP contribution in [0.4, 0.5) is 0 Å². The second-order valence-corrected chi connectivity index (χ2v) is 5.55. The third-order valence-corrected chi connectivity index (χ3v) is 3.26. The highest BCUT2D eigenvalue weighted by molar-refractivity contribution is 6.69. The maximum atomic E-state index is 11.2. The Bertz CT molecular complexity index is 161. The van der Waals surface area contributed by atoms with Gasteiger partial charge in [-0.1, -0.05) is 6.08 Å². The van der Waals surface area contributed by atoms with Gasteiger partial charge in [0.25, 0.3) is 0 Å². The van der Waals surface area contributed by atoms with E-state index in [1.165, 1.54) is 0 Å². The zero-order valence-electron chi connectivity index (χ0n) is 7.68. The first-order valence-corrected chi connectivity index (χ1v) is 6.85. The summed E-state index contributed by atoms with van der Waals surface area (Å²) in [5.41, 5.74) is 0. The number of hydrogen-bond acceptors (Lipinski definition) is 2. The van der Waals surface area contributed by atoms with E-state index < -0.39 is 14.1 Å². The number of allylic oxidation sites excluding steroid dienone is 1. The van der Waals surface area contributed by atoms with Gasteiger partial charge in [0, 0.05) is 0 Å². The highest BCUT2D eigenvalue weighted by Gasteiger charge is 2.16. The topological polar surface area (TPSA) is 26.3 Å². The van der Waals surface area contributed by atoms with Gasteiger partial charge in [-0.25, -0.2) is 4.79 Å². The predicted molar refractivity (Wildman–Crippen MR) is 47.9 cm³/mol. The molecule has 0 saturated carbocycles. The van der Waals surface area contributed by atoms with Crippen LogP contribution in [0, 0.1) is 0 Å². The summed E-state index contributed by atoms with van der Waals surface area (Å²) in [5.74, 6) is 4.11. The summed E-state index contributed by atoms with van der Waals surface area (Å²) in [6.07, 6.45) is 1.87. The Balaban J connectivity index is 4.17. The normalized spacial score (nSPS) is 11.1. The molecule has 0 radical (unpaired) electrons. The molecule has 0 atom stereocenters. The van der Waals surface area contributed by atoms with Crippen molar-refractivity contribution in [1.82, 2.24) is 0 Å². The Labute approximate surface area is 72.6 Å². The molecule has 0 spiro atoms. The zero-order chi connectivity index (χ0) is 8.85. The Kier molecular flexibility index (Phi) is 5.27. The lowest BCUT2D eigenvalue weighted by Gasteiger charge is -2.05. The standard InChI is InChI=1S/C6H9O2.2CH3.Al/c1-3-5-6(7)8-4-2;;;/h3H,4H2,1-2H3;2*1H3;. The molecule has 0 bridgehead atoms. The quantitative estimate of drug-likeness (QED) is 0.366. The number of rotatable bonds is 3. The Morgan fingerprint density at radius 1 is 1.55 bits per heavy atom. The van der Waals surface area contributed by atoms with E-state index in [2.05, 4.69) is 11.6 Å². The second kappa shape index (κ2) is 5.40. The molecule has 0 saturated heterocycles. The van der Waals surface area contributed by atoms with E-state index in [-0.39, 0.29) is 5.97 Å². The van der Waals surface area contributed by atoms with Crippen molar-refractivity contribution in [2.24, 2.45) is 0 Å². The Morgan fingerprint density at radius 3 is 2.36 bits per heavy atom. The molecule has 0 heterocycles. The van der Waals surface area contributed by atoms with Crippen LogP contribution in [0.3, 0.4) is 0 Å². The first kappa shape index (κ1) is 10.7. The summed E-state index contributed by atoms with van der Waals surface area (Å²) in [7, 11) is 0. The molecule has 0 aliphatic heterocycles. The molecular weight excluding hydrogens is 155 g/mol. The molecule has 0 aromatic heterocycles. The lowest BCUT2D eigenvalue weighted by Crippen LogP contribution is -2.18. The smallest absolute Gasteiger partial charge is 0.317 e. The van der Waals surface area contributed by atoms with Crippen LogP contribution in [0.2, 0.25) is 11.6 Å². The highest BCUT2D eigenvalue weighted by Crippen LogP contribution is 2.03. The van der Waals surface area contributed by atoms with Gasteiger partial charge >= 0.3 is 20.1 Å². The molecule has 62 valence electrons. The minimum absolute atomic E-state index is 0.128. The van der Waals surface area contributed by atoms with Crippen molar-refractivity contribution in [3.63, 3.8) is 0 Å². The van der Waals surface area contributed by atoms with E-state index in [1.54, 1.807) is 0 Å². The monoisotopic (exact) mass is 170 g/mol. The molecule has 0 unspecified atom stereocenters. The fourth-order valence-corrected chi connectivity index (χ4v) is 2.12. The van der Waals surface area contributed by atoms with Gasteiger partial charge in [0.05, 0.1) is 6.61 Å². The van der Waals surface area contributed by atoms with E-state index in [9.17, 15) is 4.79 Å². The third kappa shape index (κ3) is 3.60. The largest absolute Gasteiger partial charge is 0.464 e. The van der Waals surface area contributed by atoms with Crippen molar-refractivity contribution in [3.8, 4) is 0 Å². The van der Waals surface area contributed by atoms with E-state index in [1.807, 2.05) is 19.9 Å². The summed E-state index contributed by atoms with van der Waals surface area (Å²) < 4.78 is 5.78. The van der Waals surface area contributed by atoms with Gasteiger partial charge in [-0.2, -0.15) is 0 Å². The van der Waals surface area contributed by atoms with Crippen LogP contribution in [0.25, 0.3) is 0 Å². The van der Waals surface area contributed by atoms with Gasteiger partial charge in [0.2, 0.25) is 0 Å². The highest BCUT2D eigenvalue weighted by atomic mass is 27.2. The van der Waals surface area contributed by atoms with Crippen LogP contribution in [0.1, 0.15) is 13.8 Å². The van der Waals surface area contributed by atoms with Gasteiger partial charge in [-0.15, -0.1) is 11.6 Å². The zero-order valence-corrected chi connectivity index (χ0v) is 8.83. The summed E-state index contributed by atoms with van der Waals surface area (Å²) in [6.45, 7) is 4.18. The fourth-order valence-electron chi connectivity index (χ4n) is 0.901. The molecule has 0 N–H and O–H groups in total. The maximum absolute atomic E-state index is 11.2. The van der Waals surface area contributed by atoms with E-state index in [0.717, 1.165) is 4.44 Å². The van der Waals surface area contributed by atoms with Crippen molar-refractivity contribution in [1.29, 1.82) is 0 Å².